The van der Waals surface area contributed by atoms with Crippen molar-refractivity contribution in [2.45, 2.75) is 31.7 Å². The zero-order chi connectivity index (χ0) is 12.3. The van der Waals surface area contributed by atoms with Crippen LogP contribution in [0.3, 0.4) is 0 Å². The lowest BCUT2D eigenvalue weighted by Crippen LogP contribution is -2.41. The first-order chi connectivity index (χ1) is 8.16. The summed E-state index contributed by atoms with van der Waals surface area (Å²) >= 11 is 3.29. The minimum atomic E-state index is -0.344. The molecule has 1 heterocycles. The number of amides is 1. The molecule has 92 valence electrons. The molecule has 2 N–H and O–H groups in total. The number of rotatable bonds is 4. The van der Waals surface area contributed by atoms with E-state index < -0.39 is 0 Å². The van der Waals surface area contributed by atoms with Crippen LogP contribution < -0.4 is 10.6 Å². The fraction of sp³-hybridized carbons (Fsp3) is 0.545. The Morgan fingerprint density at radius 3 is 2.53 bits per heavy atom. The van der Waals surface area contributed by atoms with E-state index in [1.807, 2.05) is 4.90 Å². The van der Waals surface area contributed by atoms with Gasteiger partial charge in [-0.05, 0) is 28.8 Å². The van der Waals surface area contributed by atoms with E-state index in [4.69, 9.17) is 5.73 Å². The lowest BCUT2D eigenvalue weighted by molar-refractivity contribution is -0.116. The Labute approximate surface area is 109 Å². The predicted octanol–water partition coefficient (Wildman–Crippen LogP) is 1.47. The molecule has 0 bridgehead atoms. The van der Waals surface area contributed by atoms with Crippen LogP contribution in [0.1, 0.15) is 25.7 Å². The van der Waals surface area contributed by atoms with Crippen molar-refractivity contribution in [2.24, 2.45) is 5.73 Å². The molecule has 0 aromatic carbocycles. The minimum absolute atomic E-state index is 0.187. The molecular formula is C11H15BrN4O. The molecule has 1 aromatic rings. The third kappa shape index (κ3) is 3.15. The number of primary amides is 1. The second-order valence-corrected chi connectivity index (χ2v) is 5.15. The molecular weight excluding hydrogens is 284 g/mol. The Morgan fingerprint density at radius 1 is 1.41 bits per heavy atom. The molecule has 1 amide bonds. The van der Waals surface area contributed by atoms with Crippen LogP contribution in [0.2, 0.25) is 0 Å². The van der Waals surface area contributed by atoms with Crippen LogP contribution in [0.25, 0.3) is 0 Å². The van der Waals surface area contributed by atoms with Crippen molar-refractivity contribution < 1.29 is 4.79 Å². The smallest absolute Gasteiger partial charge is 0.237 e. The number of nitrogens with zero attached hydrogens (tertiary/aromatic N) is 3. The third-order valence-electron chi connectivity index (χ3n) is 2.96. The number of halogens is 1. The standard InChI is InChI=1S/C11H15BrN4O/c12-8-5-14-11(15-6-8)16(7-10(13)17)9-3-1-2-4-9/h5-6,9H,1-4,7H2,(H2,13,17). The fourth-order valence-electron chi connectivity index (χ4n) is 2.20. The van der Waals surface area contributed by atoms with E-state index in [0.29, 0.717) is 12.0 Å². The molecule has 1 aliphatic carbocycles. The minimum Gasteiger partial charge on any atom is -0.368 e. The molecule has 1 saturated carbocycles. The van der Waals surface area contributed by atoms with Crippen LogP contribution in [-0.4, -0.2) is 28.5 Å². The molecule has 1 aliphatic rings. The van der Waals surface area contributed by atoms with Crippen LogP contribution in [-0.2, 0) is 4.79 Å². The van der Waals surface area contributed by atoms with Crippen molar-refractivity contribution in [2.75, 3.05) is 11.4 Å². The van der Waals surface area contributed by atoms with Gasteiger partial charge in [0.1, 0.15) is 0 Å². The summed E-state index contributed by atoms with van der Waals surface area (Å²) in [5.74, 6) is 0.238. The van der Waals surface area contributed by atoms with Gasteiger partial charge in [-0.1, -0.05) is 12.8 Å². The summed E-state index contributed by atoms with van der Waals surface area (Å²) in [7, 11) is 0. The predicted molar refractivity (Wildman–Crippen MR) is 68.5 cm³/mol. The van der Waals surface area contributed by atoms with Crippen molar-refractivity contribution in [3.8, 4) is 0 Å². The Morgan fingerprint density at radius 2 is 2.00 bits per heavy atom. The molecule has 6 heteroatoms. The Bertz CT molecular complexity index is 389. The highest BCUT2D eigenvalue weighted by molar-refractivity contribution is 9.10. The van der Waals surface area contributed by atoms with Gasteiger partial charge in [0.25, 0.3) is 0 Å². The van der Waals surface area contributed by atoms with Gasteiger partial charge in [0.2, 0.25) is 11.9 Å². The van der Waals surface area contributed by atoms with Gasteiger partial charge in [0.15, 0.2) is 0 Å². The molecule has 1 fully saturated rings. The zero-order valence-corrected chi connectivity index (χ0v) is 11.1. The highest BCUT2D eigenvalue weighted by atomic mass is 79.9. The van der Waals surface area contributed by atoms with E-state index in [0.717, 1.165) is 17.3 Å². The van der Waals surface area contributed by atoms with Crippen molar-refractivity contribution in [3.05, 3.63) is 16.9 Å². The summed E-state index contributed by atoms with van der Waals surface area (Å²) < 4.78 is 0.826. The highest BCUT2D eigenvalue weighted by Gasteiger charge is 2.25. The number of aromatic nitrogens is 2. The summed E-state index contributed by atoms with van der Waals surface area (Å²) in [6, 6.07) is 0.337. The second-order valence-electron chi connectivity index (χ2n) is 4.23. The molecule has 0 unspecified atom stereocenters. The molecule has 0 radical (unpaired) electrons. The van der Waals surface area contributed by atoms with Crippen molar-refractivity contribution >= 4 is 27.8 Å². The average Bonchev–Trinajstić information content (AvgIpc) is 2.80. The zero-order valence-electron chi connectivity index (χ0n) is 9.47. The SMILES string of the molecule is NC(=O)CN(c1ncc(Br)cn1)C1CCCC1. The first-order valence-corrected chi connectivity index (χ1v) is 6.48. The first-order valence-electron chi connectivity index (χ1n) is 5.69. The molecule has 0 spiro atoms. The summed E-state index contributed by atoms with van der Waals surface area (Å²) in [6.07, 6.45) is 7.91. The van der Waals surface area contributed by atoms with Crippen molar-refractivity contribution in [1.29, 1.82) is 0 Å². The Hall–Kier alpha value is -1.17. The molecule has 2 rings (SSSR count). The van der Waals surface area contributed by atoms with Crippen LogP contribution in [0.5, 0.6) is 0 Å². The maximum absolute atomic E-state index is 11.1. The molecule has 0 aliphatic heterocycles. The third-order valence-corrected chi connectivity index (χ3v) is 3.36. The van der Waals surface area contributed by atoms with Gasteiger partial charge in [-0.2, -0.15) is 0 Å². The summed E-state index contributed by atoms with van der Waals surface area (Å²) in [6.45, 7) is 0.187. The summed E-state index contributed by atoms with van der Waals surface area (Å²) in [5, 5.41) is 0. The van der Waals surface area contributed by atoms with Gasteiger partial charge in [-0.3, -0.25) is 4.79 Å². The number of nitrogens with two attached hydrogens (primary N) is 1. The van der Waals surface area contributed by atoms with Gasteiger partial charge in [-0.25, -0.2) is 9.97 Å². The van der Waals surface area contributed by atoms with E-state index in [-0.39, 0.29) is 12.5 Å². The normalized spacial score (nSPS) is 16.1. The maximum Gasteiger partial charge on any atom is 0.237 e. The lowest BCUT2D eigenvalue weighted by atomic mass is 10.2. The second kappa shape index (κ2) is 5.44. The quantitative estimate of drug-likeness (QED) is 0.914. The van der Waals surface area contributed by atoms with Crippen molar-refractivity contribution in [3.63, 3.8) is 0 Å². The van der Waals surface area contributed by atoms with E-state index in [1.165, 1.54) is 12.8 Å². The molecule has 0 atom stereocenters. The molecule has 5 nitrogen and oxygen atoms in total. The van der Waals surface area contributed by atoms with Crippen LogP contribution in [0.4, 0.5) is 5.95 Å². The maximum atomic E-state index is 11.1. The average molecular weight is 299 g/mol. The molecule has 17 heavy (non-hydrogen) atoms. The first kappa shape index (κ1) is 12.3. The van der Waals surface area contributed by atoms with Crippen LogP contribution in [0, 0.1) is 0 Å². The number of carbonyl (C=O) groups excluding carboxylic acids is 1. The topological polar surface area (TPSA) is 72.1 Å². The highest BCUT2D eigenvalue weighted by Crippen LogP contribution is 2.26. The van der Waals surface area contributed by atoms with Gasteiger partial charge >= 0.3 is 0 Å². The number of carbonyl (C=O) groups is 1. The number of hydrogen-bond acceptors (Lipinski definition) is 4. The number of hydrogen-bond donors (Lipinski definition) is 1. The van der Waals surface area contributed by atoms with E-state index >= 15 is 0 Å². The fourth-order valence-corrected chi connectivity index (χ4v) is 2.41. The van der Waals surface area contributed by atoms with Crippen LogP contribution >= 0.6 is 15.9 Å². The Kier molecular flexibility index (Phi) is 3.93. The van der Waals surface area contributed by atoms with Gasteiger partial charge < -0.3 is 10.6 Å². The summed E-state index contributed by atoms with van der Waals surface area (Å²) in [5.41, 5.74) is 5.28. The van der Waals surface area contributed by atoms with E-state index in [1.54, 1.807) is 12.4 Å². The monoisotopic (exact) mass is 298 g/mol. The van der Waals surface area contributed by atoms with Crippen molar-refractivity contribution in [1.82, 2.24) is 9.97 Å². The lowest BCUT2D eigenvalue weighted by Gasteiger charge is -2.27. The van der Waals surface area contributed by atoms with E-state index in [2.05, 4.69) is 25.9 Å². The largest absolute Gasteiger partial charge is 0.368 e. The van der Waals surface area contributed by atoms with Crippen LogP contribution in [0.15, 0.2) is 16.9 Å². The summed E-state index contributed by atoms with van der Waals surface area (Å²) in [4.78, 5) is 21.5. The van der Waals surface area contributed by atoms with E-state index in [9.17, 15) is 4.79 Å². The Balaban J connectivity index is 2.19. The van der Waals surface area contributed by atoms with Gasteiger partial charge in [0, 0.05) is 18.4 Å². The molecule has 0 saturated heterocycles. The van der Waals surface area contributed by atoms with Gasteiger partial charge in [0.05, 0.1) is 11.0 Å². The number of anilines is 1. The van der Waals surface area contributed by atoms with Gasteiger partial charge in [-0.15, -0.1) is 0 Å². The molecule has 1 aromatic heterocycles.